The molecule has 0 aliphatic heterocycles. The van der Waals surface area contributed by atoms with E-state index in [0.717, 1.165) is 0 Å². The Morgan fingerprint density at radius 2 is 1.90 bits per heavy atom. The summed E-state index contributed by atoms with van der Waals surface area (Å²) >= 11 is 0. The molecule has 0 spiro atoms. The third-order valence-electron chi connectivity index (χ3n) is 2.65. The minimum atomic E-state index is -0.454. The van der Waals surface area contributed by atoms with Gasteiger partial charge in [-0.05, 0) is 42.5 Å². The topological polar surface area (TPSA) is 75.6 Å². The van der Waals surface area contributed by atoms with Crippen molar-refractivity contribution in [3.8, 4) is 5.75 Å². The van der Waals surface area contributed by atoms with Gasteiger partial charge in [-0.2, -0.15) is 0 Å². The standard InChI is InChI=1S/C15H12NO4/c1-20-15(19)10-6-8-11(9-7-10)16-14(18)12-4-2-3-5-13(12)17/h3-9,17H,1H3,(H,16,18). The molecule has 0 unspecified atom stereocenters. The second-order valence-corrected chi connectivity index (χ2v) is 3.97. The summed E-state index contributed by atoms with van der Waals surface area (Å²) in [6.45, 7) is 0. The van der Waals surface area contributed by atoms with E-state index in [1.54, 1.807) is 24.3 Å². The monoisotopic (exact) mass is 270 g/mol. The van der Waals surface area contributed by atoms with Gasteiger partial charge in [0.15, 0.2) is 0 Å². The second-order valence-electron chi connectivity index (χ2n) is 3.97. The van der Waals surface area contributed by atoms with E-state index < -0.39 is 11.9 Å². The van der Waals surface area contributed by atoms with Gasteiger partial charge >= 0.3 is 5.97 Å². The maximum atomic E-state index is 11.9. The zero-order chi connectivity index (χ0) is 14.5. The number of carbonyl (C=O) groups is 2. The van der Waals surface area contributed by atoms with Crippen LogP contribution in [0.25, 0.3) is 0 Å². The molecule has 0 bridgehead atoms. The van der Waals surface area contributed by atoms with E-state index in [9.17, 15) is 14.7 Å². The SMILES string of the molecule is COC(=O)c1ccc(NC(=O)c2c[c]ccc2O)cc1. The lowest BCUT2D eigenvalue weighted by atomic mass is 10.1. The van der Waals surface area contributed by atoms with E-state index in [1.165, 1.54) is 25.3 Å². The van der Waals surface area contributed by atoms with Crippen molar-refractivity contribution in [2.45, 2.75) is 0 Å². The van der Waals surface area contributed by atoms with Crippen LogP contribution in [0.1, 0.15) is 20.7 Å². The molecule has 0 aliphatic rings. The van der Waals surface area contributed by atoms with Crippen molar-refractivity contribution in [1.82, 2.24) is 0 Å². The highest BCUT2D eigenvalue weighted by Crippen LogP contribution is 2.18. The minimum Gasteiger partial charge on any atom is -0.507 e. The molecule has 2 N–H and O–H groups in total. The fraction of sp³-hybridized carbons (Fsp3) is 0.0667. The molecule has 0 aromatic heterocycles. The Balaban J connectivity index is 2.13. The highest BCUT2D eigenvalue weighted by Gasteiger charge is 2.11. The fourth-order valence-corrected chi connectivity index (χ4v) is 1.61. The maximum Gasteiger partial charge on any atom is 0.337 e. The van der Waals surface area contributed by atoms with Crippen LogP contribution < -0.4 is 5.32 Å². The molecule has 0 heterocycles. The van der Waals surface area contributed by atoms with Gasteiger partial charge in [0.1, 0.15) is 5.75 Å². The summed E-state index contributed by atoms with van der Waals surface area (Å²) in [6.07, 6.45) is 0. The van der Waals surface area contributed by atoms with Gasteiger partial charge < -0.3 is 15.2 Å². The summed E-state index contributed by atoms with van der Waals surface area (Å²) < 4.78 is 4.58. The first kappa shape index (κ1) is 13.6. The van der Waals surface area contributed by atoms with Crippen molar-refractivity contribution in [3.05, 3.63) is 59.7 Å². The van der Waals surface area contributed by atoms with Gasteiger partial charge in [-0.15, -0.1) is 0 Å². The lowest BCUT2D eigenvalue weighted by molar-refractivity contribution is 0.0600. The maximum absolute atomic E-state index is 11.9. The number of nitrogens with one attached hydrogen (secondary N) is 1. The number of phenolic OH excluding ortho intramolecular Hbond substituents is 1. The van der Waals surface area contributed by atoms with Gasteiger partial charge in [0.05, 0.1) is 18.2 Å². The summed E-state index contributed by atoms with van der Waals surface area (Å²) in [6, 6.07) is 13.2. The van der Waals surface area contributed by atoms with E-state index in [4.69, 9.17) is 0 Å². The highest BCUT2D eigenvalue weighted by molar-refractivity contribution is 6.06. The number of anilines is 1. The van der Waals surface area contributed by atoms with Crippen LogP contribution >= 0.6 is 0 Å². The van der Waals surface area contributed by atoms with Gasteiger partial charge in [-0.3, -0.25) is 4.79 Å². The highest BCUT2D eigenvalue weighted by atomic mass is 16.5. The van der Waals surface area contributed by atoms with Crippen molar-refractivity contribution < 1.29 is 19.4 Å². The predicted octanol–water partition coefficient (Wildman–Crippen LogP) is 2.23. The first-order valence-electron chi connectivity index (χ1n) is 5.80. The zero-order valence-electron chi connectivity index (χ0n) is 10.7. The van der Waals surface area contributed by atoms with E-state index in [2.05, 4.69) is 16.1 Å². The van der Waals surface area contributed by atoms with Crippen LogP contribution in [0.2, 0.25) is 0 Å². The normalized spacial score (nSPS) is 9.85. The Morgan fingerprint density at radius 1 is 1.20 bits per heavy atom. The van der Waals surface area contributed by atoms with Gasteiger partial charge in [-0.1, -0.05) is 6.07 Å². The molecule has 0 fully saturated rings. The number of phenols is 1. The number of esters is 1. The van der Waals surface area contributed by atoms with Gasteiger partial charge in [0.2, 0.25) is 0 Å². The second kappa shape index (κ2) is 5.88. The first-order valence-corrected chi connectivity index (χ1v) is 5.80. The summed E-state index contributed by atoms with van der Waals surface area (Å²) in [7, 11) is 1.30. The van der Waals surface area contributed by atoms with Crippen molar-refractivity contribution in [3.63, 3.8) is 0 Å². The van der Waals surface area contributed by atoms with Gasteiger partial charge in [0.25, 0.3) is 5.91 Å². The van der Waals surface area contributed by atoms with E-state index in [1.807, 2.05) is 0 Å². The van der Waals surface area contributed by atoms with E-state index >= 15 is 0 Å². The molecule has 2 rings (SSSR count). The van der Waals surface area contributed by atoms with Gasteiger partial charge in [-0.25, -0.2) is 4.79 Å². The number of rotatable bonds is 3. The largest absolute Gasteiger partial charge is 0.507 e. The third-order valence-corrected chi connectivity index (χ3v) is 2.65. The molecule has 2 aromatic rings. The van der Waals surface area contributed by atoms with Crippen molar-refractivity contribution in [2.75, 3.05) is 12.4 Å². The van der Waals surface area contributed by atoms with Crippen LogP contribution in [0.3, 0.4) is 0 Å². The summed E-state index contributed by atoms with van der Waals surface area (Å²) in [5, 5.41) is 12.2. The first-order chi connectivity index (χ1) is 9.61. The fourth-order valence-electron chi connectivity index (χ4n) is 1.61. The number of benzene rings is 2. The Morgan fingerprint density at radius 3 is 2.50 bits per heavy atom. The molecule has 1 amide bonds. The van der Waals surface area contributed by atoms with Crippen molar-refractivity contribution in [2.24, 2.45) is 0 Å². The summed E-state index contributed by atoms with van der Waals surface area (Å²) in [5.74, 6) is -1.02. The van der Waals surface area contributed by atoms with Crippen LogP contribution in [0, 0.1) is 6.07 Å². The van der Waals surface area contributed by atoms with Crippen LogP contribution in [0.15, 0.2) is 42.5 Å². The molecule has 20 heavy (non-hydrogen) atoms. The Hall–Kier alpha value is -2.82. The lowest BCUT2D eigenvalue weighted by Crippen LogP contribution is -2.12. The summed E-state index contributed by atoms with van der Waals surface area (Å²) in [5.41, 5.74) is 1.02. The molecule has 5 nitrogen and oxygen atoms in total. The average Bonchev–Trinajstić information content (AvgIpc) is 2.47. The number of methoxy groups -OCH3 is 1. The molecule has 0 aliphatic carbocycles. The minimum absolute atomic E-state index is 0.118. The molecule has 2 aromatic carbocycles. The Labute approximate surface area is 115 Å². The summed E-state index contributed by atoms with van der Waals surface area (Å²) in [4.78, 5) is 23.2. The van der Waals surface area contributed by atoms with Crippen LogP contribution in [0.4, 0.5) is 5.69 Å². The number of hydrogen-bond acceptors (Lipinski definition) is 4. The number of amides is 1. The molecule has 1 radical (unpaired) electrons. The van der Waals surface area contributed by atoms with Crippen LogP contribution in [-0.2, 0) is 4.74 Å². The van der Waals surface area contributed by atoms with Crippen molar-refractivity contribution >= 4 is 17.6 Å². The van der Waals surface area contributed by atoms with Crippen LogP contribution in [-0.4, -0.2) is 24.1 Å². The molecule has 101 valence electrons. The van der Waals surface area contributed by atoms with Crippen LogP contribution in [0.5, 0.6) is 5.75 Å². The zero-order valence-corrected chi connectivity index (χ0v) is 10.7. The molecule has 5 heteroatoms. The molecule has 0 atom stereocenters. The Bertz CT molecular complexity index is 635. The number of ether oxygens (including phenoxy) is 1. The smallest absolute Gasteiger partial charge is 0.337 e. The molecule has 0 saturated heterocycles. The Kier molecular flexibility index (Phi) is 4.00. The third kappa shape index (κ3) is 2.95. The predicted molar refractivity (Wildman–Crippen MR) is 72.7 cm³/mol. The average molecular weight is 270 g/mol. The number of hydrogen-bond donors (Lipinski definition) is 2. The molecular weight excluding hydrogens is 258 g/mol. The lowest BCUT2D eigenvalue weighted by Gasteiger charge is -2.07. The van der Waals surface area contributed by atoms with Gasteiger partial charge in [0, 0.05) is 5.69 Å². The van der Waals surface area contributed by atoms with E-state index in [-0.39, 0.29) is 11.3 Å². The van der Waals surface area contributed by atoms with Crippen molar-refractivity contribution in [1.29, 1.82) is 0 Å². The molecular formula is C15H12NO4. The number of carbonyl (C=O) groups excluding carboxylic acids is 2. The molecule has 0 saturated carbocycles. The van der Waals surface area contributed by atoms with E-state index in [0.29, 0.717) is 11.3 Å². The quantitative estimate of drug-likeness (QED) is 0.839. The number of aromatic hydroxyl groups is 1.